The van der Waals surface area contributed by atoms with E-state index in [1.807, 2.05) is 12.1 Å². The maximum Gasteiger partial charge on any atom is 0.266 e. The van der Waals surface area contributed by atoms with Gasteiger partial charge in [-0.15, -0.1) is 0 Å². The molecule has 1 aliphatic heterocycles. The number of hydrogen-bond donors (Lipinski definition) is 0. The van der Waals surface area contributed by atoms with Crippen LogP contribution in [0.5, 0.6) is 0 Å². The molecule has 6 heteroatoms. The number of thioether (sulfide) groups is 1. The van der Waals surface area contributed by atoms with Gasteiger partial charge >= 0.3 is 0 Å². The number of hydrogen-bond acceptors (Lipinski definition) is 5. The molecule has 0 N–H and O–H groups in total. The van der Waals surface area contributed by atoms with E-state index in [9.17, 15) is 4.79 Å². The van der Waals surface area contributed by atoms with Gasteiger partial charge in [-0.1, -0.05) is 0 Å². The minimum Gasteiger partial charge on any atom is -0.441 e. The Bertz CT molecular complexity index is 559. The molecule has 1 aromatic heterocycles. The first kappa shape index (κ1) is 14.7. The molecule has 1 aliphatic rings. The Kier molecular flexibility index (Phi) is 4.54. The van der Waals surface area contributed by atoms with Crippen molar-refractivity contribution in [3.05, 3.63) is 22.8 Å². The van der Waals surface area contributed by atoms with Gasteiger partial charge in [0, 0.05) is 39.3 Å². The molecular formula is C14H19N3O2S. The summed E-state index contributed by atoms with van der Waals surface area (Å²) in [4.78, 5) is 20.4. The second-order valence-corrected chi connectivity index (χ2v) is 5.34. The summed E-state index contributed by atoms with van der Waals surface area (Å²) in [7, 11) is 3.41. The third-order valence-corrected chi connectivity index (χ3v) is 4.31. The van der Waals surface area contributed by atoms with Gasteiger partial charge in [0.15, 0.2) is 11.1 Å². The van der Waals surface area contributed by atoms with Gasteiger partial charge in [0.05, 0.1) is 4.91 Å². The average molecular weight is 293 g/mol. The van der Waals surface area contributed by atoms with Crippen LogP contribution in [0.25, 0.3) is 6.08 Å². The van der Waals surface area contributed by atoms with Gasteiger partial charge in [-0.05, 0) is 31.7 Å². The Labute approximate surface area is 123 Å². The highest BCUT2D eigenvalue weighted by Crippen LogP contribution is 2.32. The van der Waals surface area contributed by atoms with E-state index >= 15 is 0 Å². The first-order chi connectivity index (χ1) is 9.60. The standard InChI is InChI=1S/C14H19N3O2S/c1-5-17(6-2)12-8-7-10(19-12)9-11-13(18)16(4)14(15-3)20-11/h7-9H,5-6H2,1-4H3/b11-9-,15-14?. The number of aliphatic imine (C=N–C) groups is 1. The van der Waals surface area contributed by atoms with E-state index in [1.54, 1.807) is 25.1 Å². The molecule has 0 bridgehead atoms. The van der Waals surface area contributed by atoms with Gasteiger partial charge in [0.2, 0.25) is 0 Å². The molecule has 108 valence electrons. The van der Waals surface area contributed by atoms with E-state index < -0.39 is 0 Å². The Morgan fingerprint density at radius 3 is 2.65 bits per heavy atom. The first-order valence-electron chi connectivity index (χ1n) is 6.59. The first-order valence-corrected chi connectivity index (χ1v) is 7.41. The van der Waals surface area contributed by atoms with Crippen molar-refractivity contribution in [2.24, 2.45) is 4.99 Å². The molecule has 0 aliphatic carbocycles. The van der Waals surface area contributed by atoms with Crippen molar-refractivity contribution in [3.63, 3.8) is 0 Å². The van der Waals surface area contributed by atoms with E-state index in [0.29, 0.717) is 15.8 Å². The quantitative estimate of drug-likeness (QED) is 0.801. The topological polar surface area (TPSA) is 49.0 Å². The fourth-order valence-electron chi connectivity index (χ4n) is 2.00. The van der Waals surface area contributed by atoms with E-state index in [0.717, 1.165) is 19.0 Å². The summed E-state index contributed by atoms with van der Waals surface area (Å²) in [5, 5.41) is 0.705. The van der Waals surface area contributed by atoms with Crippen LogP contribution in [0.15, 0.2) is 26.4 Å². The number of amidine groups is 1. The van der Waals surface area contributed by atoms with Crippen molar-refractivity contribution in [2.45, 2.75) is 13.8 Å². The molecule has 0 atom stereocenters. The highest BCUT2D eigenvalue weighted by atomic mass is 32.2. The lowest BCUT2D eigenvalue weighted by molar-refractivity contribution is -0.121. The van der Waals surface area contributed by atoms with E-state index in [1.165, 1.54) is 11.8 Å². The number of carbonyl (C=O) groups is 1. The molecule has 20 heavy (non-hydrogen) atoms. The van der Waals surface area contributed by atoms with Crippen LogP contribution in [-0.4, -0.2) is 43.2 Å². The summed E-state index contributed by atoms with van der Waals surface area (Å²) in [6.45, 7) is 5.95. The van der Waals surface area contributed by atoms with Crippen LogP contribution in [0, 0.1) is 0 Å². The molecule has 2 heterocycles. The number of furan rings is 1. The number of nitrogens with zero attached hydrogens (tertiary/aromatic N) is 3. The number of likely N-dealkylation sites (N-methyl/N-ethyl adjacent to an activating group) is 1. The molecule has 1 saturated heterocycles. The van der Waals surface area contributed by atoms with Gasteiger partial charge in [0.25, 0.3) is 5.91 Å². The zero-order valence-corrected chi connectivity index (χ0v) is 13.0. The molecule has 1 aromatic rings. The molecule has 5 nitrogen and oxygen atoms in total. The van der Waals surface area contributed by atoms with Gasteiger partial charge in [0.1, 0.15) is 5.76 Å². The maximum absolute atomic E-state index is 12.0. The van der Waals surface area contributed by atoms with Crippen LogP contribution in [0.3, 0.4) is 0 Å². The summed E-state index contributed by atoms with van der Waals surface area (Å²) in [6.07, 6.45) is 1.77. The molecule has 0 spiro atoms. The molecule has 1 amide bonds. The predicted molar refractivity (Wildman–Crippen MR) is 84.0 cm³/mol. The summed E-state index contributed by atoms with van der Waals surface area (Å²) >= 11 is 1.36. The minimum absolute atomic E-state index is 0.0450. The molecular weight excluding hydrogens is 274 g/mol. The Morgan fingerprint density at radius 1 is 1.40 bits per heavy atom. The Hall–Kier alpha value is -1.69. The van der Waals surface area contributed by atoms with Gasteiger partial charge in [-0.3, -0.25) is 14.7 Å². The van der Waals surface area contributed by atoms with Crippen molar-refractivity contribution in [1.29, 1.82) is 0 Å². The lowest BCUT2D eigenvalue weighted by Gasteiger charge is -2.16. The summed E-state index contributed by atoms with van der Waals surface area (Å²) in [5.41, 5.74) is 0. The summed E-state index contributed by atoms with van der Waals surface area (Å²) < 4.78 is 5.77. The summed E-state index contributed by atoms with van der Waals surface area (Å²) in [6, 6.07) is 3.82. The molecule has 2 rings (SSSR count). The molecule has 0 unspecified atom stereocenters. The Morgan fingerprint density at radius 2 is 2.10 bits per heavy atom. The van der Waals surface area contributed by atoms with Crippen LogP contribution in [0.2, 0.25) is 0 Å². The van der Waals surface area contributed by atoms with Crippen molar-refractivity contribution < 1.29 is 9.21 Å². The largest absolute Gasteiger partial charge is 0.441 e. The molecule has 1 fully saturated rings. The normalized spacial score (nSPS) is 19.4. The zero-order chi connectivity index (χ0) is 14.7. The minimum atomic E-state index is -0.0450. The second kappa shape index (κ2) is 6.17. The van der Waals surface area contributed by atoms with Gasteiger partial charge in [-0.2, -0.15) is 0 Å². The summed E-state index contributed by atoms with van der Waals surface area (Å²) in [5.74, 6) is 1.47. The third kappa shape index (κ3) is 2.75. The van der Waals surface area contributed by atoms with Crippen molar-refractivity contribution in [1.82, 2.24) is 4.90 Å². The lowest BCUT2D eigenvalue weighted by atomic mass is 10.3. The monoisotopic (exact) mass is 293 g/mol. The molecule has 0 saturated carbocycles. The van der Waals surface area contributed by atoms with Gasteiger partial charge in [-0.25, -0.2) is 0 Å². The third-order valence-electron chi connectivity index (χ3n) is 3.16. The number of amides is 1. The van der Waals surface area contributed by atoms with Crippen LogP contribution >= 0.6 is 11.8 Å². The number of carbonyl (C=O) groups excluding carboxylic acids is 1. The highest BCUT2D eigenvalue weighted by Gasteiger charge is 2.30. The van der Waals surface area contributed by atoms with Crippen molar-refractivity contribution in [2.75, 3.05) is 32.1 Å². The molecule has 0 aromatic carbocycles. The van der Waals surface area contributed by atoms with Crippen LogP contribution in [0.1, 0.15) is 19.6 Å². The molecule has 0 radical (unpaired) electrons. The fraction of sp³-hybridized carbons (Fsp3) is 0.429. The Balaban J connectivity index is 2.22. The fourth-order valence-corrected chi connectivity index (χ4v) is 2.91. The average Bonchev–Trinajstić information content (AvgIpc) is 3.01. The zero-order valence-electron chi connectivity index (χ0n) is 12.2. The maximum atomic E-state index is 12.0. The SMILES string of the molecule is CCN(CC)c1ccc(/C=C2\SC(=NC)N(C)C2=O)o1. The lowest BCUT2D eigenvalue weighted by Crippen LogP contribution is -2.23. The van der Waals surface area contributed by atoms with E-state index in [-0.39, 0.29) is 5.91 Å². The van der Waals surface area contributed by atoms with Crippen LogP contribution < -0.4 is 4.90 Å². The van der Waals surface area contributed by atoms with Crippen molar-refractivity contribution in [3.8, 4) is 0 Å². The second-order valence-electron chi connectivity index (χ2n) is 4.33. The van der Waals surface area contributed by atoms with Crippen LogP contribution in [-0.2, 0) is 4.79 Å². The van der Waals surface area contributed by atoms with Crippen LogP contribution in [0.4, 0.5) is 5.88 Å². The highest BCUT2D eigenvalue weighted by molar-refractivity contribution is 8.18. The van der Waals surface area contributed by atoms with E-state index in [2.05, 4.69) is 23.7 Å². The predicted octanol–water partition coefficient (Wildman–Crippen LogP) is 2.66. The van der Waals surface area contributed by atoms with E-state index in [4.69, 9.17) is 4.42 Å². The number of rotatable bonds is 4. The van der Waals surface area contributed by atoms with Gasteiger partial charge < -0.3 is 9.32 Å². The smallest absolute Gasteiger partial charge is 0.266 e. The van der Waals surface area contributed by atoms with Crippen molar-refractivity contribution >= 4 is 34.8 Å². The number of anilines is 1.